The third-order valence-electron chi connectivity index (χ3n) is 11.8. The summed E-state index contributed by atoms with van der Waals surface area (Å²) in [5.41, 5.74) is 5.04. The number of aliphatic hydroxyl groups is 1. The van der Waals surface area contributed by atoms with Crippen molar-refractivity contribution in [2.75, 3.05) is 0 Å². The minimum Gasteiger partial charge on any atom is -0.458 e. The van der Waals surface area contributed by atoms with Crippen LogP contribution in [0.5, 0.6) is 0 Å². The Balaban J connectivity index is 1.23. The summed E-state index contributed by atoms with van der Waals surface area (Å²) in [6, 6.07) is 4.02. The van der Waals surface area contributed by atoms with Crippen LogP contribution in [-0.2, 0) is 9.53 Å². The molecule has 0 spiro atoms. The Bertz CT molecular complexity index is 1090. The van der Waals surface area contributed by atoms with Crippen LogP contribution in [0, 0.1) is 40.4 Å². The first-order chi connectivity index (χ1) is 17.2. The molecular formula is C32H43NO3. The molecule has 1 N–H and O–H groups in total. The maximum absolute atomic E-state index is 12.9. The molecule has 9 atom stereocenters. The number of cyclic esters (lactones) is 1. The van der Waals surface area contributed by atoms with Gasteiger partial charge < -0.3 is 9.84 Å². The van der Waals surface area contributed by atoms with Crippen LogP contribution in [0.4, 0.5) is 0 Å². The molecule has 1 aromatic rings. The molecular weight excluding hydrogens is 446 g/mol. The third-order valence-corrected chi connectivity index (χ3v) is 11.8. The number of hydrogen-bond donors (Lipinski definition) is 1. The zero-order chi connectivity index (χ0) is 25.2. The predicted molar refractivity (Wildman–Crippen MR) is 142 cm³/mol. The molecule has 1 aliphatic heterocycles. The summed E-state index contributed by atoms with van der Waals surface area (Å²) >= 11 is 0. The van der Waals surface area contributed by atoms with E-state index in [0.29, 0.717) is 17.3 Å². The van der Waals surface area contributed by atoms with Crippen molar-refractivity contribution in [3.63, 3.8) is 0 Å². The number of rotatable bonds is 3. The fourth-order valence-electron chi connectivity index (χ4n) is 9.72. The van der Waals surface area contributed by atoms with Crippen molar-refractivity contribution in [1.82, 2.24) is 4.98 Å². The molecule has 0 bridgehead atoms. The van der Waals surface area contributed by atoms with E-state index in [9.17, 15) is 9.90 Å². The average molecular weight is 490 g/mol. The second-order valence-corrected chi connectivity index (χ2v) is 13.2. The van der Waals surface area contributed by atoms with Crippen molar-refractivity contribution in [2.45, 2.75) is 97.7 Å². The van der Waals surface area contributed by atoms with Crippen LogP contribution in [0.15, 0.2) is 41.7 Å². The van der Waals surface area contributed by atoms with E-state index in [-0.39, 0.29) is 23.6 Å². The average Bonchev–Trinajstić information content (AvgIpc) is 3.23. The molecule has 0 saturated heterocycles. The zero-order valence-corrected chi connectivity index (χ0v) is 22.5. The Labute approximate surface area is 216 Å². The van der Waals surface area contributed by atoms with Crippen molar-refractivity contribution in [1.29, 1.82) is 0 Å². The van der Waals surface area contributed by atoms with Gasteiger partial charge in [0.1, 0.15) is 6.10 Å². The molecule has 1 aromatic heterocycles. The van der Waals surface area contributed by atoms with Crippen LogP contribution in [0.25, 0.3) is 5.57 Å². The third kappa shape index (κ3) is 3.65. The maximum atomic E-state index is 12.9. The van der Waals surface area contributed by atoms with Crippen molar-refractivity contribution >= 4 is 11.5 Å². The lowest BCUT2D eigenvalue weighted by Gasteiger charge is -2.58. The number of carbonyl (C=O) groups is 1. The van der Waals surface area contributed by atoms with E-state index in [1.54, 1.807) is 11.8 Å². The summed E-state index contributed by atoms with van der Waals surface area (Å²) in [5, 5.41) is 10.3. The van der Waals surface area contributed by atoms with Crippen LogP contribution >= 0.6 is 0 Å². The Hall–Kier alpha value is -1.94. The van der Waals surface area contributed by atoms with Gasteiger partial charge in [-0.25, -0.2) is 4.79 Å². The first-order valence-corrected chi connectivity index (χ1v) is 14.4. The number of pyridine rings is 1. The van der Waals surface area contributed by atoms with Gasteiger partial charge in [-0.05, 0) is 116 Å². The number of allylic oxidation sites excluding steroid dienone is 1. The Morgan fingerprint density at radius 1 is 1.11 bits per heavy atom. The second kappa shape index (κ2) is 8.82. The second-order valence-electron chi connectivity index (χ2n) is 13.2. The lowest BCUT2D eigenvalue weighted by Crippen LogP contribution is -2.51. The summed E-state index contributed by atoms with van der Waals surface area (Å²) in [7, 11) is 0. The van der Waals surface area contributed by atoms with Gasteiger partial charge in [0.2, 0.25) is 0 Å². The fourth-order valence-corrected chi connectivity index (χ4v) is 9.72. The van der Waals surface area contributed by atoms with Gasteiger partial charge in [0, 0.05) is 24.4 Å². The molecule has 2 heterocycles. The molecule has 194 valence electrons. The normalized spacial score (nSPS) is 43.1. The van der Waals surface area contributed by atoms with E-state index in [0.717, 1.165) is 60.1 Å². The van der Waals surface area contributed by atoms with E-state index >= 15 is 0 Å². The van der Waals surface area contributed by atoms with Gasteiger partial charge in [-0.1, -0.05) is 38.5 Å². The molecule has 0 aromatic carbocycles. The van der Waals surface area contributed by atoms with Crippen molar-refractivity contribution < 1.29 is 14.6 Å². The number of carbonyl (C=O) groups excluding carboxylic acids is 1. The fraction of sp³-hybridized carbons (Fsp3) is 0.688. The van der Waals surface area contributed by atoms with E-state index in [1.807, 2.05) is 19.2 Å². The van der Waals surface area contributed by atoms with Crippen LogP contribution in [-0.4, -0.2) is 28.3 Å². The van der Waals surface area contributed by atoms with Gasteiger partial charge in [0.25, 0.3) is 0 Å². The van der Waals surface area contributed by atoms with E-state index < -0.39 is 0 Å². The summed E-state index contributed by atoms with van der Waals surface area (Å²) in [4.78, 5) is 17.2. The van der Waals surface area contributed by atoms with Gasteiger partial charge in [-0.2, -0.15) is 0 Å². The first kappa shape index (κ1) is 24.4. The SMILES string of the molecule is CC1=C(c2cccnc2)C[C@H]([C@@H](C)[C@H]2CC[C@H]3[C@@H]4CC=C5C[C@@H](O)CC[C@]5(C)[C@H]4CC[C@]23C)OC1=O. The smallest absolute Gasteiger partial charge is 0.334 e. The maximum Gasteiger partial charge on any atom is 0.334 e. The number of hydrogen-bond acceptors (Lipinski definition) is 4. The van der Waals surface area contributed by atoms with E-state index in [1.165, 1.54) is 32.1 Å². The highest BCUT2D eigenvalue weighted by atomic mass is 16.5. The monoisotopic (exact) mass is 489 g/mol. The number of nitrogens with zero attached hydrogens (tertiary/aromatic N) is 1. The van der Waals surface area contributed by atoms with Crippen molar-refractivity contribution in [2.24, 2.45) is 40.4 Å². The predicted octanol–water partition coefficient (Wildman–Crippen LogP) is 6.75. The molecule has 0 radical (unpaired) electrons. The Morgan fingerprint density at radius 3 is 2.72 bits per heavy atom. The molecule has 3 saturated carbocycles. The van der Waals surface area contributed by atoms with Crippen molar-refractivity contribution in [3.05, 3.63) is 47.3 Å². The number of aliphatic hydroxyl groups excluding tert-OH is 1. The van der Waals surface area contributed by atoms with Gasteiger partial charge in [-0.3, -0.25) is 4.98 Å². The molecule has 4 heteroatoms. The number of aromatic nitrogens is 1. The summed E-state index contributed by atoms with van der Waals surface area (Å²) < 4.78 is 6.10. The van der Waals surface area contributed by atoms with Crippen LogP contribution < -0.4 is 0 Å². The van der Waals surface area contributed by atoms with Crippen LogP contribution in [0.3, 0.4) is 0 Å². The highest BCUT2D eigenvalue weighted by molar-refractivity contribution is 5.98. The molecule has 3 fully saturated rings. The molecule has 0 unspecified atom stereocenters. The Kier molecular flexibility index (Phi) is 5.98. The zero-order valence-electron chi connectivity index (χ0n) is 22.5. The quantitative estimate of drug-likeness (QED) is 0.377. The number of ether oxygens (including phenoxy) is 1. The summed E-state index contributed by atoms with van der Waals surface area (Å²) in [6.07, 6.45) is 16.1. The van der Waals surface area contributed by atoms with E-state index in [2.05, 4.69) is 37.9 Å². The Morgan fingerprint density at radius 2 is 1.94 bits per heavy atom. The highest BCUT2D eigenvalue weighted by Gasteiger charge is 2.60. The summed E-state index contributed by atoms with van der Waals surface area (Å²) in [5.74, 6) is 3.04. The topological polar surface area (TPSA) is 59.4 Å². The number of esters is 1. The van der Waals surface area contributed by atoms with Crippen LogP contribution in [0.1, 0.15) is 91.0 Å². The molecule has 36 heavy (non-hydrogen) atoms. The molecule has 4 nitrogen and oxygen atoms in total. The molecule has 0 amide bonds. The number of fused-ring (bicyclic) bond motifs is 5. The van der Waals surface area contributed by atoms with Crippen LogP contribution in [0.2, 0.25) is 0 Å². The van der Waals surface area contributed by atoms with Gasteiger partial charge in [-0.15, -0.1) is 0 Å². The summed E-state index contributed by atoms with van der Waals surface area (Å²) in [6.45, 7) is 9.33. The first-order valence-electron chi connectivity index (χ1n) is 14.4. The van der Waals surface area contributed by atoms with Gasteiger partial charge in [0.15, 0.2) is 0 Å². The minimum absolute atomic E-state index is 0.0649. The molecule has 4 aliphatic carbocycles. The van der Waals surface area contributed by atoms with E-state index in [4.69, 9.17) is 4.74 Å². The minimum atomic E-state index is -0.155. The lowest BCUT2D eigenvalue weighted by molar-refractivity contribution is -0.150. The lowest BCUT2D eigenvalue weighted by atomic mass is 9.47. The molecule has 6 rings (SSSR count). The van der Waals surface area contributed by atoms with Crippen molar-refractivity contribution in [3.8, 4) is 0 Å². The van der Waals surface area contributed by atoms with Gasteiger partial charge in [0.05, 0.1) is 6.10 Å². The van der Waals surface area contributed by atoms with Gasteiger partial charge >= 0.3 is 5.97 Å². The highest BCUT2D eigenvalue weighted by Crippen LogP contribution is 2.67. The largest absolute Gasteiger partial charge is 0.458 e. The standard InChI is InChI=1S/C32H43NO3/c1-19-25(21-6-5-15-33-18-21)17-29(36-30(19)35)20(2)26-9-10-27-24-8-7-22-16-23(34)11-13-31(22,3)28(24)12-14-32(26,27)4/h5-7,15,18,20,23-24,26-29,34H,8-14,16-17H2,1-4H3/t20-,23-,24-,26+,27-,28-,29+,31-,32+/m0/s1. The molecule has 5 aliphatic rings.